The Balaban J connectivity index is 1.36. The van der Waals surface area contributed by atoms with Crippen molar-refractivity contribution in [2.24, 2.45) is 5.41 Å². The lowest BCUT2D eigenvalue weighted by atomic mass is 9.76. The Morgan fingerprint density at radius 3 is 2.32 bits per heavy atom. The van der Waals surface area contributed by atoms with Crippen LogP contribution in [0.4, 0.5) is 0 Å². The maximum atomic E-state index is 4.10. The fourth-order valence-corrected chi connectivity index (χ4v) is 5.80. The number of nitrogens with one attached hydrogen (secondary N) is 1. The number of rotatable bonds is 5. The van der Waals surface area contributed by atoms with E-state index in [9.17, 15) is 0 Å². The van der Waals surface area contributed by atoms with E-state index in [1.54, 1.807) is 5.56 Å². The van der Waals surface area contributed by atoms with E-state index in [1.165, 1.54) is 56.1 Å². The number of hydrazine groups is 1. The fraction of sp³-hybridized carbons (Fsp3) is 0.579. The maximum absolute atomic E-state index is 4.10. The third kappa shape index (κ3) is 1.82. The van der Waals surface area contributed by atoms with Gasteiger partial charge in [0.05, 0.1) is 0 Å². The van der Waals surface area contributed by atoms with Gasteiger partial charge in [0.1, 0.15) is 0 Å². The first-order chi connectivity index (χ1) is 10.6. The van der Waals surface area contributed by atoms with Crippen LogP contribution in [-0.4, -0.2) is 4.41 Å². The predicted molar refractivity (Wildman–Crippen MR) is 91.9 cm³/mol. The van der Waals surface area contributed by atoms with Gasteiger partial charge < -0.3 is 0 Å². The van der Waals surface area contributed by atoms with Crippen LogP contribution >= 0.6 is 11.9 Å². The largest absolute Gasteiger partial charge is 0.206 e. The standard InChI is InChI=1S/C19H24N2S/c1-14(2)7-8-17-9-11-18(13-17,12-10-17)15-3-5-16(6-4-15)19-20-21(19)22-19/h3-6,20H,1,7-13H2,2H3. The van der Waals surface area contributed by atoms with E-state index in [0.29, 0.717) is 10.8 Å². The van der Waals surface area contributed by atoms with E-state index < -0.39 is 0 Å². The molecule has 0 spiro atoms. The first-order valence-corrected chi connectivity index (χ1v) is 9.36. The number of benzene rings is 1. The summed E-state index contributed by atoms with van der Waals surface area (Å²) in [5.41, 5.74) is 8.84. The summed E-state index contributed by atoms with van der Waals surface area (Å²) in [5.74, 6) is 0. The van der Waals surface area contributed by atoms with Crippen LogP contribution in [-0.2, 0) is 10.4 Å². The van der Waals surface area contributed by atoms with Gasteiger partial charge in [0.15, 0.2) is 4.99 Å². The minimum atomic E-state index is 0.173. The van der Waals surface area contributed by atoms with Crippen molar-refractivity contribution in [3.05, 3.63) is 47.5 Å². The summed E-state index contributed by atoms with van der Waals surface area (Å²) in [6.45, 7) is 6.28. The van der Waals surface area contributed by atoms with Crippen LogP contribution in [0.25, 0.3) is 0 Å². The molecule has 4 fully saturated rings. The molecule has 2 nitrogen and oxygen atoms in total. The van der Waals surface area contributed by atoms with Crippen molar-refractivity contribution < 1.29 is 0 Å². The zero-order valence-electron chi connectivity index (χ0n) is 13.3. The van der Waals surface area contributed by atoms with Gasteiger partial charge in [-0.15, -0.1) is 11.0 Å². The molecule has 1 aromatic carbocycles. The lowest BCUT2D eigenvalue weighted by Gasteiger charge is -2.28. The first-order valence-electron chi connectivity index (χ1n) is 8.59. The van der Waals surface area contributed by atoms with Crippen LogP contribution in [0, 0.1) is 5.41 Å². The van der Waals surface area contributed by atoms with Gasteiger partial charge in [0, 0.05) is 5.56 Å². The molecule has 2 aliphatic carbocycles. The van der Waals surface area contributed by atoms with E-state index in [2.05, 4.69) is 47.6 Å². The molecule has 2 heterocycles. The molecule has 0 radical (unpaired) electrons. The topological polar surface area (TPSA) is 25.0 Å². The summed E-state index contributed by atoms with van der Waals surface area (Å²) in [6.07, 6.45) is 9.64. The van der Waals surface area contributed by atoms with Crippen LogP contribution in [0.15, 0.2) is 36.4 Å². The predicted octanol–water partition coefficient (Wildman–Crippen LogP) is 4.84. The van der Waals surface area contributed by atoms with E-state index in [-0.39, 0.29) is 4.99 Å². The highest BCUT2D eigenvalue weighted by Gasteiger charge is 2.72. The molecular weight excluding hydrogens is 288 g/mol. The zero-order chi connectivity index (χ0) is 15.0. The molecule has 1 N–H and O–H groups in total. The van der Waals surface area contributed by atoms with Gasteiger partial charge in [-0.2, -0.15) is 0 Å². The SMILES string of the molecule is C=C(C)CCC12CCC(c3ccc(C45NN4S5)cc3)(CC1)C2. The number of hydrogen-bond donors (Lipinski definition) is 1. The van der Waals surface area contributed by atoms with Crippen LogP contribution < -0.4 is 5.43 Å². The molecule has 2 saturated heterocycles. The Morgan fingerprint density at radius 1 is 1.18 bits per heavy atom. The molecule has 2 atom stereocenters. The smallest absolute Gasteiger partial charge is 0.197 e. The molecular formula is C19H24N2S. The molecule has 116 valence electrons. The van der Waals surface area contributed by atoms with E-state index in [4.69, 9.17) is 0 Å². The second kappa shape index (κ2) is 4.19. The second-order valence-corrected chi connectivity index (χ2v) is 9.27. The molecule has 5 rings (SSSR count). The van der Waals surface area contributed by atoms with Gasteiger partial charge in [-0.3, -0.25) is 0 Å². The Kier molecular flexibility index (Phi) is 2.60. The quantitative estimate of drug-likeness (QED) is 0.478. The zero-order valence-corrected chi connectivity index (χ0v) is 14.1. The summed E-state index contributed by atoms with van der Waals surface area (Å²) in [6, 6.07) is 9.54. The third-order valence-corrected chi connectivity index (χ3v) is 7.78. The molecule has 2 bridgehead atoms. The van der Waals surface area contributed by atoms with Gasteiger partial charge in [-0.05, 0) is 80.2 Å². The fourth-order valence-electron chi connectivity index (χ4n) is 5.05. The monoisotopic (exact) mass is 312 g/mol. The van der Waals surface area contributed by atoms with Crippen molar-refractivity contribution in [2.45, 2.75) is 62.3 Å². The molecule has 2 unspecified atom stereocenters. The third-order valence-electron chi connectivity index (χ3n) is 6.63. The summed E-state index contributed by atoms with van der Waals surface area (Å²) in [5, 5.41) is 0. The number of fused-ring (bicyclic) bond motifs is 3. The Bertz CT molecular complexity index is 634. The van der Waals surface area contributed by atoms with Crippen molar-refractivity contribution in [1.29, 1.82) is 0 Å². The van der Waals surface area contributed by atoms with Gasteiger partial charge in [0.25, 0.3) is 0 Å². The van der Waals surface area contributed by atoms with E-state index >= 15 is 0 Å². The molecule has 2 saturated carbocycles. The van der Waals surface area contributed by atoms with Crippen molar-refractivity contribution >= 4 is 11.9 Å². The summed E-state index contributed by atoms with van der Waals surface area (Å²) >= 11 is 1.89. The number of nitrogens with zero attached hydrogens (tertiary/aromatic N) is 1. The van der Waals surface area contributed by atoms with Crippen LogP contribution in [0.5, 0.6) is 0 Å². The molecule has 22 heavy (non-hydrogen) atoms. The summed E-state index contributed by atoms with van der Waals surface area (Å²) in [4.78, 5) is 0.173. The number of hydrogen-bond acceptors (Lipinski definition) is 3. The Labute approximate surface area is 137 Å². The molecule has 1 aromatic rings. The van der Waals surface area contributed by atoms with Gasteiger partial charge in [-0.25, -0.2) is 5.43 Å². The summed E-state index contributed by atoms with van der Waals surface area (Å²) < 4.78 is 2.22. The normalized spacial score (nSPS) is 44.0. The lowest BCUT2D eigenvalue weighted by Crippen LogP contribution is -2.19. The van der Waals surface area contributed by atoms with Crippen LogP contribution in [0.1, 0.15) is 63.0 Å². The number of allylic oxidation sites excluding steroid dienone is 1. The van der Waals surface area contributed by atoms with Gasteiger partial charge in [-0.1, -0.05) is 29.8 Å². The molecule has 0 amide bonds. The lowest BCUT2D eigenvalue weighted by molar-refractivity contribution is 0.270. The molecule has 0 aromatic heterocycles. The minimum absolute atomic E-state index is 0.173. The average molecular weight is 312 g/mol. The van der Waals surface area contributed by atoms with Crippen LogP contribution in [0.3, 0.4) is 0 Å². The highest BCUT2D eigenvalue weighted by atomic mass is 32.2. The van der Waals surface area contributed by atoms with E-state index in [1.807, 2.05) is 11.9 Å². The first kappa shape index (κ1) is 13.6. The van der Waals surface area contributed by atoms with Crippen LogP contribution in [0.2, 0.25) is 0 Å². The van der Waals surface area contributed by atoms with Gasteiger partial charge >= 0.3 is 0 Å². The second-order valence-electron chi connectivity index (χ2n) is 8.13. The Morgan fingerprint density at radius 2 is 1.77 bits per heavy atom. The van der Waals surface area contributed by atoms with Crippen molar-refractivity contribution in [3.63, 3.8) is 0 Å². The Hall–Kier alpha value is -0.770. The highest BCUT2D eigenvalue weighted by molar-refractivity contribution is 8.05. The van der Waals surface area contributed by atoms with Crippen molar-refractivity contribution in [2.75, 3.05) is 0 Å². The highest BCUT2D eigenvalue weighted by Crippen LogP contribution is 2.68. The minimum Gasteiger partial charge on any atom is -0.206 e. The van der Waals surface area contributed by atoms with Gasteiger partial charge in [0.2, 0.25) is 0 Å². The maximum Gasteiger partial charge on any atom is 0.197 e. The van der Waals surface area contributed by atoms with E-state index in [0.717, 1.165) is 0 Å². The molecule has 3 heteroatoms. The molecule has 4 aliphatic rings. The molecule has 2 aliphatic heterocycles. The van der Waals surface area contributed by atoms with Crippen molar-refractivity contribution in [3.8, 4) is 0 Å². The average Bonchev–Trinajstić information content (AvgIpc) is 3.31. The van der Waals surface area contributed by atoms with Crippen molar-refractivity contribution in [1.82, 2.24) is 9.84 Å². The summed E-state index contributed by atoms with van der Waals surface area (Å²) in [7, 11) is 0.